The number of hydrogen-bond donors (Lipinski definition) is 1. The topological polar surface area (TPSA) is 29.5 Å². The van der Waals surface area contributed by atoms with Gasteiger partial charge >= 0.3 is 0 Å². The number of hydrogen-bond acceptors (Lipinski definition) is 2. The third-order valence-corrected chi connectivity index (χ3v) is 4.75. The van der Waals surface area contributed by atoms with Gasteiger partial charge in [0.05, 0.1) is 5.73 Å². The molecule has 0 fully saturated rings. The third kappa shape index (κ3) is 2.81. The maximum atomic E-state index is 9.45. The molecule has 0 rings (SSSR count). The molecule has 0 saturated carbocycles. The highest BCUT2D eigenvalue weighted by molar-refractivity contribution is 6.72. The van der Waals surface area contributed by atoms with Crippen LogP contribution < -0.4 is 0 Å². The van der Waals surface area contributed by atoms with E-state index in [1.54, 1.807) is 0 Å². The van der Waals surface area contributed by atoms with E-state index < -0.39 is 8.32 Å². The van der Waals surface area contributed by atoms with Crippen LogP contribution in [-0.2, 0) is 4.43 Å². The predicted octanol–water partition coefficient (Wildman–Crippen LogP) is 1.54. The minimum Gasteiger partial charge on any atom is -0.415 e. The smallest absolute Gasteiger partial charge is 0.214 e. The first-order chi connectivity index (χ1) is 4.54. The average molecular weight is 162 g/mol. The Hall–Kier alpha value is 0.137. The molecule has 1 N–H and O–H groups in total. The molecule has 0 amide bonds. The van der Waals surface area contributed by atoms with Gasteiger partial charge < -0.3 is 9.53 Å². The predicted molar refractivity (Wildman–Crippen MR) is 45.4 cm³/mol. The number of rotatable bonds is 4. The maximum Gasteiger partial charge on any atom is 0.214 e. The first kappa shape index (κ1) is 10.1. The summed E-state index contributed by atoms with van der Waals surface area (Å²) in [7, 11) is -1.75. The van der Waals surface area contributed by atoms with Crippen molar-refractivity contribution < 1.29 is 9.53 Å². The summed E-state index contributed by atoms with van der Waals surface area (Å²) in [4.78, 5) is 0. The summed E-state index contributed by atoms with van der Waals surface area (Å²) in [5, 5.41) is 9.45. The summed E-state index contributed by atoms with van der Waals surface area (Å²) >= 11 is 0. The number of aliphatic hydroxyl groups excluding tert-OH is 1. The molecular weight excluding hydrogens is 144 g/mol. The molecule has 2 nitrogen and oxygen atoms in total. The first-order valence-corrected chi connectivity index (χ1v) is 6.85. The summed E-state index contributed by atoms with van der Waals surface area (Å²) < 4.78 is 5.47. The molecule has 62 valence electrons. The molecule has 0 heterocycles. The SMILES string of the molecule is CCO[Si](C)(C)C(O)CC. The molecule has 0 radical (unpaired) electrons. The van der Waals surface area contributed by atoms with E-state index in [-0.39, 0.29) is 5.73 Å². The zero-order chi connectivity index (χ0) is 8.20. The van der Waals surface area contributed by atoms with Crippen molar-refractivity contribution in [3.63, 3.8) is 0 Å². The zero-order valence-corrected chi connectivity index (χ0v) is 8.35. The number of aliphatic hydroxyl groups is 1. The van der Waals surface area contributed by atoms with Crippen LogP contribution in [0.2, 0.25) is 13.1 Å². The van der Waals surface area contributed by atoms with E-state index in [0.717, 1.165) is 13.0 Å². The highest BCUT2D eigenvalue weighted by Crippen LogP contribution is 2.12. The second-order valence-electron chi connectivity index (χ2n) is 2.96. The molecular formula is C7H18O2Si. The van der Waals surface area contributed by atoms with Crippen LogP contribution in [-0.4, -0.2) is 25.8 Å². The average Bonchev–Trinajstić information content (AvgIpc) is 1.86. The van der Waals surface area contributed by atoms with Crippen LogP contribution >= 0.6 is 0 Å². The Morgan fingerprint density at radius 1 is 1.40 bits per heavy atom. The van der Waals surface area contributed by atoms with Crippen LogP contribution in [0.4, 0.5) is 0 Å². The molecule has 0 aliphatic carbocycles. The Bertz CT molecular complexity index is 93.6. The van der Waals surface area contributed by atoms with E-state index in [9.17, 15) is 5.11 Å². The molecule has 0 aromatic carbocycles. The van der Waals surface area contributed by atoms with Crippen molar-refractivity contribution in [2.24, 2.45) is 0 Å². The minimum absolute atomic E-state index is 0.215. The maximum absolute atomic E-state index is 9.45. The van der Waals surface area contributed by atoms with Gasteiger partial charge in [0, 0.05) is 6.61 Å². The largest absolute Gasteiger partial charge is 0.415 e. The molecule has 10 heavy (non-hydrogen) atoms. The molecule has 0 spiro atoms. The Labute approximate surface area is 64.3 Å². The molecule has 0 bridgehead atoms. The monoisotopic (exact) mass is 162 g/mol. The van der Waals surface area contributed by atoms with E-state index >= 15 is 0 Å². The van der Waals surface area contributed by atoms with E-state index in [1.165, 1.54) is 0 Å². The molecule has 0 aromatic rings. The zero-order valence-electron chi connectivity index (χ0n) is 7.35. The summed E-state index contributed by atoms with van der Waals surface area (Å²) in [6.45, 7) is 8.77. The van der Waals surface area contributed by atoms with Gasteiger partial charge in [-0.3, -0.25) is 0 Å². The van der Waals surface area contributed by atoms with Crippen LogP contribution in [0.3, 0.4) is 0 Å². The second-order valence-corrected chi connectivity index (χ2v) is 7.12. The van der Waals surface area contributed by atoms with Crippen LogP contribution in [0.5, 0.6) is 0 Å². The third-order valence-electron chi connectivity index (χ3n) is 1.71. The van der Waals surface area contributed by atoms with Gasteiger partial charge in [0.1, 0.15) is 0 Å². The van der Waals surface area contributed by atoms with Gasteiger partial charge in [0.15, 0.2) is 0 Å². The van der Waals surface area contributed by atoms with Crippen molar-refractivity contribution in [2.45, 2.75) is 39.1 Å². The van der Waals surface area contributed by atoms with Gasteiger partial charge in [-0.1, -0.05) is 6.92 Å². The minimum atomic E-state index is -1.75. The highest BCUT2D eigenvalue weighted by Gasteiger charge is 2.30. The first-order valence-electron chi connectivity index (χ1n) is 3.86. The van der Waals surface area contributed by atoms with Crippen molar-refractivity contribution >= 4 is 8.32 Å². The molecule has 3 heteroatoms. The summed E-state index contributed by atoms with van der Waals surface area (Å²) in [6.07, 6.45) is 0.805. The molecule has 1 atom stereocenters. The summed E-state index contributed by atoms with van der Waals surface area (Å²) in [5.41, 5.74) is -0.215. The molecule has 0 aliphatic heterocycles. The van der Waals surface area contributed by atoms with E-state index in [4.69, 9.17) is 4.43 Å². The summed E-state index contributed by atoms with van der Waals surface area (Å²) in [6, 6.07) is 0. The van der Waals surface area contributed by atoms with Gasteiger partial charge in [-0.05, 0) is 26.4 Å². The van der Waals surface area contributed by atoms with Crippen LogP contribution in [0.15, 0.2) is 0 Å². The van der Waals surface area contributed by atoms with Crippen molar-refractivity contribution in [1.82, 2.24) is 0 Å². The molecule has 0 saturated heterocycles. The van der Waals surface area contributed by atoms with Gasteiger partial charge in [-0.25, -0.2) is 0 Å². The van der Waals surface area contributed by atoms with Gasteiger partial charge in [-0.15, -0.1) is 0 Å². The second kappa shape index (κ2) is 4.11. The van der Waals surface area contributed by atoms with Gasteiger partial charge in [0.2, 0.25) is 8.32 Å². The van der Waals surface area contributed by atoms with Crippen LogP contribution in [0.25, 0.3) is 0 Å². The molecule has 1 unspecified atom stereocenters. The molecule has 0 aromatic heterocycles. The standard InChI is InChI=1S/C7H18O2Si/c1-5-7(8)10(3,4)9-6-2/h7-8H,5-6H2,1-4H3. The van der Waals surface area contributed by atoms with Gasteiger partial charge in [-0.2, -0.15) is 0 Å². The Morgan fingerprint density at radius 3 is 2.20 bits per heavy atom. The van der Waals surface area contributed by atoms with Gasteiger partial charge in [0.25, 0.3) is 0 Å². The quantitative estimate of drug-likeness (QED) is 0.635. The Balaban J connectivity index is 3.82. The lowest BCUT2D eigenvalue weighted by Crippen LogP contribution is -2.44. The van der Waals surface area contributed by atoms with E-state index in [2.05, 4.69) is 0 Å². The Morgan fingerprint density at radius 2 is 1.90 bits per heavy atom. The van der Waals surface area contributed by atoms with Crippen molar-refractivity contribution in [3.05, 3.63) is 0 Å². The fourth-order valence-electron chi connectivity index (χ4n) is 0.960. The van der Waals surface area contributed by atoms with Crippen molar-refractivity contribution in [2.75, 3.05) is 6.61 Å². The molecule has 0 aliphatic rings. The van der Waals surface area contributed by atoms with E-state index in [1.807, 2.05) is 26.9 Å². The van der Waals surface area contributed by atoms with Crippen LogP contribution in [0.1, 0.15) is 20.3 Å². The van der Waals surface area contributed by atoms with Crippen molar-refractivity contribution in [1.29, 1.82) is 0 Å². The lowest BCUT2D eigenvalue weighted by molar-refractivity contribution is 0.194. The normalized spacial score (nSPS) is 15.3. The fraction of sp³-hybridized carbons (Fsp3) is 1.00. The fourth-order valence-corrected chi connectivity index (χ4v) is 2.88. The highest BCUT2D eigenvalue weighted by atomic mass is 28.4. The lowest BCUT2D eigenvalue weighted by Gasteiger charge is -2.26. The van der Waals surface area contributed by atoms with E-state index in [0.29, 0.717) is 0 Å². The Kier molecular flexibility index (Phi) is 4.16. The lowest BCUT2D eigenvalue weighted by atomic mass is 10.5. The summed E-state index contributed by atoms with van der Waals surface area (Å²) in [5.74, 6) is 0. The van der Waals surface area contributed by atoms with Crippen molar-refractivity contribution in [3.8, 4) is 0 Å². The van der Waals surface area contributed by atoms with Crippen LogP contribution in [0, 0.1) is 0 Å².